The Hall–Kier alpha value is -5.11. The summed E-state index contributed by atoms with van der Waals surface area (Å²) in [7, 11) is 0. The predicted molar refractivity (Wildman–Crippen MR) is 161 cm³/mol. The van der Waals surface area contributed by atoms with Crippen molar-refractivity contribution in [3.8, 4) is 51.1 Å². The molecule has 2 heterocycles. The number of hydrogen-bond donors (Lipinski definition) is 0. The van der Waals surface area contributed by atoms with Crippen molar-refractivity contribution in [3.63, 3.8) is 0 Å². The third-order valence-electron chi connectivity index (χ3n) is 6.98. The van der Waals surface area contributed by atoms with Crippen LogP contribution in [-0.4, -0.2) is 9.97 Å². The highest BCUT2D eigenvalue weighted by atomic mass is 32.1. The van der Waals surface area contributed by atoms with E-state index >= 15 is 0 Å². The van der Waals surface area contributed by atoms with E-state index in [0.717, 1.165) is 27.8 Å². The van der Waals surface area contributed by atoms with Crippen LogP contribution in [-0.2, 0) is 0 Å². The van der Waals surface area contributed by atoms with Gasteiger partial charge in [-0.2, -0.15) is 5.26 Å². The summed E-state index contributed by atoms with van der Waals surface area (Å²) >= 11 is 1.81. The third-order valence-corrected chi connectivity index (χ3v) is 8.20. The minimum absolute atomic E-state index is 0.472. The Balaban J connectivity index is 1.52. The largest absolute Gasteiger partial charge is 0.227 e. The van der Waals surface area contributed by atoms with Crippen molar-refractivity contribution >= 4 is 31.5 Å². The molecular formula is C35H21N3S. The first kappa shape index (κ1) is 23.0. The molecule has 0 amide bonds. The van der Waals surface area contributed by atoms with Crippen molar-refractivity contribution < 1.29 is 0 Å². The Labute approximate surface area is 230 Å². The van der Waals surface area contributed by atoms with Crippen LogP contribution in [0.15, 0.2) is 127 Å². The first-order chi connectivity index (χ1) is 19.3. The van der Waals surface area contributed by atoms with Crippen molar-refractivity contribution in [2.45, 2.75) is 0 Å². The van der Waals surface area contributed by atoms with Gasteiger partial charge in [0.25, 0.3) is 0 Å². The molecule has 0 aliphatic carbocycles. The van der Waals surface area contributed by atoms with Crippen LogP contribution in [0, 0.1) is 11.3 Å². The number of fused-ring (bicyclic) bond motifs is 3. The molecule has 0 radical (unpaired) electrons. The smallest absolute Gasteiger partial charge is 0.161 e. The van der Waals surface area contributed by atoms with Gasteiger partial charge in [0.05, 0.1) is 11.4 Å². The van der Waals surface area contributed by atoms with Crippen LogP contribution in [0.4, 0.5) is 0 Å². The Morgan fingerprint density at radius 2 is 1.05 bits per heavy atom. The van der Waals surface area contributed by atoms with Crippen LogP contribution in [0.1, 0.15) is 5.56 Å². The molecule has 5 aromatic carbocycles. The second kappa shape index (κ2) is 9.64. The maximum absolute atomic E-state index is 10.3. The van der Waals surface area contributed by atoms with Gasteiger partial charge in [-0.25, -0.2) is 9.97 Å². The van der Waals surface area contributed by atoms with E-state index in [2.05, 4.69) is 66.7 Å². The van der Waals surface area contributed by atoms with Gasteiger partial charge < -0.3 is 0 Å². The van der Waals surface area contributed by atoms with E-state index in [1.165, 1.54) is 20.2 Å². The molecule has 0 aliphatic heterocycles. The molecule has 3 nitrogen and oxygen atoms in total. The van der Waals surface area contributed by atoms with Gasteiger partial charge in [0, 0.05) is 42.4 Å². The van der Waals surface area contributed by atoms with E-state index in [9.17, 15) is 5.26 Å². The highest BCUT2D eigenvalue weighted by Crippen LogP contribution is 2.43. The zero-order valence-electron chi connectivity index (χ0n) is 20.9. The topological polar surface area (TPSA) is 49.6 Å². The monoisotopic (exact) mass is 515 g/mol. The summed E-state index contributed by atoms with van der Waals surface area (Å²) in [5.74, 6) is 0.598. The van der Waals surface area contributed by atoms with Crippen LogP contribution in [0.25, 0.3) is 65.2 Å². The van der Waals surface area contributed by atoms with E-state index < -0.39 is 0 Å². The van der Waals surface area contributed by atoms with Gasteiger partial charge in [-0.1, -0.05) is 121 Å². The molecule has 0 saturated heterocycles. The molecule has 0 spiro atoms. The molecule has 0 saturated carbocycles. The van der Waals surface area contributed by atoms with Gasteiger partial charge in [-0.05, 0) is 11.6 Å². The van der Waals surface area contributed by atoms with Gasteiger partial charge in [-0.15, -0.1) is 11.3 Å². The number of nitrogens with zero attached hydrogens (tertiary/aromatic N) is 3. The molecular weight excluding hydrogens is 494 g/mol. The van der Waals surface area contributed by atoms with Crippen molar-refractivity contribution in [2.24, 2.45) is 0 Å². The lowest BCUT2D eigenvalue weighted by Gasteiger charge is -2.15. The molecule has 4 heteroatoms. The fourth-order valence-corrected chi connectivity index (χ4v) is 6.40. The standard InChI is InChI=1S/C35H21N3S/c36-22-30-32(23-12-3-1-4-13-23)37-35(38-33(30)24-14-5-2-6-15-24)29-18-8-7-16-25(29)27-19-11-20-28-26-17-9-10-21-31(26)39-34(27)28/h1-21H. The number of benzene rings is 5. The summed E-state index contributed by atoms with van der Waals surface area (Å²) in [6.07, 6.45) is 0. The summed E-state index contributed by atoms with van der Waals surface area (Å²) in [5.41, 5.74) is 6.67. The molecule has 0 bridgehead atoms. The third kappa shape index (κ3) is 3.97. The number of hydrogen-bond acceptors (Lipinski definition) is 4. The Morgan fingerprint density at radius 1 is 0.513 bits per heavy atom. The molecule has 7 aromatic rings. The van der Waals surface area contributed by atoms with Gasteiger partial charge >= 0.3 is 0 Å². The summed E-state index contributed by atoms with van der Waals surface area (Å²) in [6, 6.07) is 45.5. The normalized spacial score (nSPS) is 11.1. The van der Waals surface area contributed by atoms with Crippen LogP contribution in [0.5, 0.6) is 0 Å². The number of aromatic nitrogens is 2. The van der Waals surface area contributed by atoms with Crippen LogP contribution >= 0.6 is 11.3 Å². The van der Waals surface area contributed by atoms with E-state index in [4.69, 9.17) is 9.97 Å². The minimum atomic E-state index is 0.472. The van der Waals surface area contributed by atoms with Crippen molar-refractivity contribution in [2.75, 3.05) is 0 Å². The molecule has 0 fully saturated rings. The predicted octanol–water partition coefficient (Wildman–Crippen LogP) is 9.38. The maximum atomic E-state index is 10.3. The molecule has 0 N–H and O–H groups in total. The summed E-state index contributed by atoms with van der Waals surface area (Å²) in [5, 5.41) is 12.8. The molecule has 7 rings (SSSR count). The van der Waals surface area contributed by atoms with Crippen LogP contribution in [0.2, 0.25) is 0 Å². The Morgan fingerprint density at radius 3 is 1.72 bits per heavy atom. The molecule has 0 aliphatic rings. The Kier molecular flexibility index (Phi) is 5.70. The second-order valence-electron chi connectivity index (χ2n) is 9.29. The Bertz CT molecular complexity index is 1960. The van der Waals surface area contributed by atoms with Crippen molar-refractivity contribution in [3.05, 3.63) is 133 Å². The van der Waals surface area contributed by atoms with E-state index in [-0.39, 0.29) is 0 Å². The van der Waals surface area contributed by atoms with Crippen LogP contribution < -0.4 is 0 Å². The lowest BCUT2D eigenvalue weighted by molar-refractivity contribution is 1.17. The number of rotatable bonds is 4. The number of thiophene rings is 1. The molecule has 0 unspecified atom stereocenters. The quantitative estimate of drug-likeness (QED) is 0.235. The first-order valence-electron chi connectivity index (χ1n) is 12.7. The van der Waals surface area contributed by atoms with E-state index in [0.29, 0.717) is 22.8 Å². The SMILES string of the molecule is N#Cc1c(-c2ccccc2)nc(-c2ccccc2-c2cccc3c2sc2ccccc23)nc1-c1ccccc1. The van der Waals surface area contributed by atoms with E-state index in [1.807, 2.05) is 78.1 Å². The lowest BCUT2D eigenvalue weighted by atomic mass is 9.96. The van der Waals surface area contributed by atoms with Crippen molar-refractivity contribution in [1.29, 1.82) is 5.26 Å². The lowest BCUT2D eigenvalue weighted by Crippen LogP contribution is -2.01. The fourth-order valence-electron chi connectivity index (χ4n) is 5.17. The summed E-state index contributed by atoms with van der Waals surface area (Å²) in [6.45, 7) is 0. The zero-order chi connectivity index (χ0) is 26.2. The van der Waals surface area contributed by atoms with Gasteiger partial charge in [0.15, 0.2) is 5.82 Å². The average molecular weight is 516 g/mol. The summed E-state index contributed by atoms with van der Waals surface area (Å²) in [4.78, 5) is 10.1. The average Bonchev–Trinajstić information content (AvgIpc) is 3.40. The highest BCUT2D eigenvalue weighted by molar-refractivity contribution is 7.26. The second-order valence-corrected chi connectivity index (χ2v) is 10.3. The van der Waals surface area contributed by atoms with Crippen LogP contribution in [0.3, 0.4) is 0 Å². The molecule has 2 aromatic heterocycles. The van der Waals surface area contributed by atoms with Gasteiger partial charge in [0.2, 0.25) is 0 Å². The van der Waals surface area contributed by atoms with Gasteiger partial charge in [-0.3, -0.25) is 0 Å². The zero-order valence-corrected chi connectivity index (χ0v) is 21.7. The van der Waals surface area contributed by atoms with E-state index in [1.54, 1.807) is 0 Å². The molecule has 0 atom stereocenters. The molecule has 39 heavy (non-hydrogen) atoms. The maximum Gasteiger partial charge on any atom is 0.161 e. The number of nitriles is 1. The first-order valence-corrected chi connectivity index (χ1v) is 13.6. The minimum Gasteiger partial charge on any atom is -0.227 e. The van der Waals surface area contributed by atoms with Crippen molar-refractivity contribution in [1.82, 2.24) is 9.97 Å². The fraction of sp³-hybridized carbons (Fsp3) is 0. The summed E-state index contributed by atoms with van der Waals surface area (Å²) < 4.78 is 2.51. The molecule has 182 valence electrons. The van der Waals surface area contributed by atoms with Gasteiger partial charge in [0.1, 0.15) is 11.6 Å². The highest BCUT2D eigenvalue weighted by Gasteiger charge is 2.21.